The van der Waals surface area contributed by atoms with Crippen LogP contribution in [0.25, 0.3) is 0 Å². The average Bonchev–Trinajstić information content (AvgIpc) is 2.88. The van der Waals surface area contributed by atoms with Crippen LogP contribution in [-0.4, -0.2) is 117 Å². The second kappa shape index (κ2) is 22.8. The molecule has 0 N–H and O–H groups in total. The number of aldehydes is 1. The van der Waals surface area contributed by atoms with Crippen LogP contribution in [0.2, 0.25) is 0 Å². The van der Waals surface area contributed by atoms with E-state index in [1.54, 1.807) is 24.3 Å². The normalized spacial score (nSPS) is 11.4. The van der Waals surface area contributed by atoms with Crippen molar-refractivity contribution < 1.29 is 52.2 Å². The summed E-state index contributed by atoms with van der Waals surface area (Å²) in [4.78, 5) is 22.1. The van der Waals surface area contributed by atoms with Crippen molar-refractivity contribution >= 4 is 12.3 Å². The van der Waals surface area contributed by atoms with Gasteiger partial charge in [0.25, 0.3) is 0 Å². The van der Waals surface area contributed by atoms with Crippen molar-refractivity contribution in [1.82, 2.24) is 0 Å². The van der Waals surface area contributed by atoms with Crippen LogP contribution in [0.4, 0.5) is 0 Å². The number of carbonyl (C=O) groups is 2. The molecule has 0 heterocycles. The van der Waals surface area contributed by atoms with Gasteiger partial charge in [-0.15, -0.1) is 0 Å². The lowest BCUT2D eigenvalue weighted by molar-refractivity contribution is -0.160. The Labute approximate surface area is 225 Å². The van der Waals surface area contributed by atoms with Crippen LogP contribution >= 0.6 is 0 Å². The van der Waals surface area contributed by atoms with Gasteiger partial charge < -0.3 is 42.6 Å². The lowest BCUT2D eigenvalue weighted by Crippen LogP contribution is -2.27. The minimum atomic E-state index is -0.510. The molecule has 0 spiro atoms. The molecule has 0 aliphatic rings. The lowest BCUT2D eigenvalue weighted by atomic mass is 10.2. The largest absolute Gasteiger partial charge is 0.491 e. The van der Waals surface area contributed by atoms with Crippen LogP contribution in [0.3, 0.4) is 0 Å². The molecule has 1 aromatic rings. The van der Waals surface area contributed by atoms with Gasteiger partial charge >= 0.3 is 5.97 Å². The quantitative estimate of drug-likeness (QED) is 0.103. The van der Waals surface area contributed by atoms with Gasteiger partial charge in [0, 0.05) is 5.56 Å². The summed E-state index contributed by atoms with van der Waals surface area (Å²) in [5.41, 5.74) is 0.105. The van der Waals surface area contributed by atoms with Crippen molar-refractivity contribution in [3.63, 3.8) is 0 Å². The standard InChI is InChI=1S/C27H44O11/c1-27(2,3)38-26(29)23-36-19-18-34-15-14-32-11-10-30-8-9-31-12-13-33-16-17-35-20-21-37-25-6-4-24(22-28)5-7-25/h4-7,22H,8-21,23H2,1-3H3. The molecule has 0 radical (unpaired) electrons. The van der Waals surface area contributed by atoms with Crippen LogP contribution in [0.1, 0.15) is 31.1 Å². The van der Waals surface area contributed by atoms with E-state index in [4.69, 9.17) is 42.6 Å². The van der Waals surface area contributed by atoms with E-state index in [9.17, 15) is 9.59 Å². The van der Waals surface area contributed by atoms with E-state index in [0.717, 1.165) is 6.29 Å². The highest BCUT2D eigenvalue weighted by atomic mass is 16.6. The fourth-order valence-corrected chi connectivity index (χ4v) is 2.71. The molecule has 1 rings (SSSR count). The van der Waals surface area contributed by atoms with Gasteiger partial charge in [-0.2, -0.15) is 0 Å². The number of benzene rings is 1. The van der Waals surface area contributed by atoms with E-state index < -0.39 is 5.60 Å². The predicted molar refractivity (Wildman–Crippen MR) is 139 cm³/mol. The summed E-state index contributed by atoms with van der Waals surface area (Å²) in [5.74, 6) is 0.312. The molecule has 11 heteroatoms. The van der Waals surface area contributed by atoms with Crippen LogP contribution in [0.5, 0.6) is 5.75 Å². The first-order valence-electron chi connectivity index (χ1n) is 12.8. The van der Waals surface area contributed by atoms with Crippen LogP contribution in [0.15, 0.2) is 24.3 Å². The van der Waals surface area contributed by atoms with Gasteiger partial charge in [-0.05, 0) is 45.0 Å². The molecule has 0 unspecified atom stereocenters. The van der Waals surface area contributed by atoms with Gasteiger partial charge in [0.05, 0.1) is 85.9 Å². The molecule has 1 aromatic carbocycles. The van der Waals surface area contributed by atoms with E-state index in [-0.39, 0.29) is 12.6 Å². The van der Waals surface area contributed by atoms with Crippen molar-refractivity contribution in [3.05, 3.63) is 29.8 Å². The van der Waals surface area contributed by atoms with Gasteiger partial charge in [-0.1, -0.05) is 0 Å². The number of hydrogen-bond donors (Lipinski definition) is 0. The Balaban J connectivity index is 1.71. The summed E-state index contributed by atoms with van der Waals surface area (Å²) in [6.07, 6.45) is 0.794. The van der Waals surface area contributed by atoms with E-state index in [1.165, 1.54) is 0 Å². The van der Waals surface area contributed by atoms with Gasteiger partial charge in [0.2, 0.25) is 0 Å². The van der Waals surface area contributed by atoms with E-state index in [0.29, 0.717) is 104 Å². The maximum Gasteiger partial charge on any atom is 0.332 e. The highest BCUT2D eigenvalue weighted by Gasteiger charge is 2.15. The number of carbonyl (C=O) groups excluding carboxylic acids is 2. The Hall–Kier alpha value is -2.12. The summed E-state index contributed by atoms with van der Waals surface area (Å²) in [7, 11) is 0. The minimum Gasteiger partial charge on any atom is -0.491 e. The van der Waals surface area contributed by atoms with E-state index in [2.05, 4.69) is 0 Å². The molecule has 0 atom stereocenters. The topological polar surface area (TPSA) is 117 Å². The summed E-state index contributed by atoms with van der Waals surface area (Å²) in [6.45, 7) is 11.7. The molecule has 0 aliphatic heterocycles. The zero-order valence-electron chi connectivity index (χ0n) is 23.0. The highest BCUT2D eigenvalue weighted by molar-refractivity contribution is 5.74. The second-order valence-corrected chi connectivity index (χ2v) is 8.85. The van der Waals surface area contributed by atoms with E-state index in [1.807, 2.05) is 20.8 Å². The van der Waals surface area contributed by atoms with Crippen molar-refractivity contribution in [2.75, 3.05) is 99.1 Å². The number of ether oxygens (including phenoxy) is 9. The van der Waals surface area contributed by atoms with Gasteiger partial charge in [-0.3, -0.25) is 4.79 Å². The molecule has 0 amide bonds. The minimum absolute atomic E-state index is 0.0838. The van der Waals surface area contributed by atoms with Crippen LogP contribution < -0.4 is 4.74 Å². The molecule has 0 saturated heterocycles. The monoisotopic (exact) mass is 544 g/mol. The third-order valence-corrected chi connectivity index (χ3v) is 4.38. The second-order valence-electron chi connectivity index (χ2n) is 8.85. The maximum absolute atomic E-state index is 11.5. The molecular formula is C27H44O11. The molecule has 38 heavy (non-hydrogen) atoms. The smallest absolute Gasteiger partial charge is 0.332 e. The van der Waals surface area contributed by atoms with Gasteiger partial charge in [0.15, 0.2) is 0 Å². The molecule has 0 saturated carbocycles. The molecule has 0 aliphatic carbocycles. The average molecular weight is 545 g/mol. The number of hydrogen-bond acceptors (Lipinski definition) is 11. The lowest BCUT2D eigenvalue weighted by Gasteiger charge is -2.19. The zero-order chi connectivity index (χ0) is 27.7. The maximum atomic E-state index is 11.5. The summed E-state index contributed by atoms with van der Waals surface area (Å²) in [6, 6.07) is 6.91. The SMILES string of the molecule is CC(C)(C)OC(=O)COCCOCCOCCOCCOCCOCCOCCOc1ccc(C=O)cc1. The Morgan fingerprint density at radius 2 is 0.974 bits per heavy atom. The molecule has 0 fully saturated rings. The molecule has 0 bridgehead atoms. The number of rotatable bonds is 25. The first-order valence-corrected chi connectivity index (χ1v) is 12.8. The Morgan fingerprint density at radius 3 is 1.34 bits per heavy atom. The molecular weight excluding hydrogens is 500 g/mol. The first kappa shape index (κ1) is 33.9. The van der Waals surface area contributed by atoms with Gasteiger partial charge in [-0.25, -0.2) is 4.79 Å². The highest BCUT2D eigenvalue weighted by Crippen LogP contribution is 2.10. The molecule has 0 aromatic heterocycles. The van der Waals surface area contributed by atoms with Crippen LogP contribution in [0, 0.1) is 0 Å². The third-order valence-electron chi connectivity index (χ3n) is 4.38. The summed E-state index contributed by atoms with van der Waals surface area (Å²) >= 11 is 0. The Bertz CT molecular complexity index is 704. The molecule has 11 nitrogen and oxygen atoms in total. The summed E-state index contributed by atoms with van der Waals surface area (Å²) in [5, 5.41) is 0. The zero-order valence-corrected chi connectivity index (χ0v) is 23.0. The van der Waals surface area contributed by atoms with Crippen molar-refractivity contribution in [1.29, 1.82) is 0 Å². The number of esters is 1. The Morgan fingerprint density at radius 1 is 0.605 bits per heavy atom. The Kier molecular flexibility index (Phi) is 20.4. The van der Waals surface area contributed by atoms with Crippen molar-refractivity contribution in [2.24, 2.45) is 0 Å². The van der Waals surface area contributed by atoms with Gasteiger partial charge in [0.1, 0.15) is 30.9 Å². The van der Waals surface area contributed by atoms with Crippen LogP contribution in [-0.2, 0) is 42.7 Å². The molecule has 218 valence electrons. The fourth-order valence-electron chi connectivity index (χ4n) is 2.71. The van der Waals surface area contributed by atoms with Crippen molar-refractivity contribution in [2.45, 2.75) is 26.4 Å². The first-order chi connectivity index (χ1) is 18.4. The predicted octanol–water partition coefficient (Wildman–Crippen LogP) is 2.34. The fraction of sp³-hybridized carbons (Fsp3) is 0.704. The summed E-state index contributed by atoms with van der Waals surface area (Å²) < 4.78 is 48.4. The van der Waals surface area contributed by atoms with E-state index >= 15 is 0 Å². The van der Waals surface area contributed by atoms with Crippen molar-refractivity contribution in [3.8, 4) is 5.75 Å². The third kappa shape index (κ3) is 21.9.